The first-order valence-electron chi connectivity index (χ1n) is 4.69. The summed E-state index contributed by atoms with van der Waals surface area (Å²) in [5, 5.41) is 0. The van der Waals surface area contributed by atoms with Crippen LogP contribution in [-0.2, 0) is 6.42 Å². The van der Waals surface area contributed by atoms with Gasteiger partial charge in [0, 0.05) is 0 Å². The summed E-state index contributed by atoms with van der Waals surface area (Å²) < 4.78 is 18.4. The molecule has 1 aromatic rings. The molecule has 1 nitrogen and oxygen atoms in total. The molecule has 0 saturated carbocycles. The Hall–Kier alpha value is -1.05. The van der Waals surface area contributed by atoms with Crippen LogP contribution in [0, 0.1) is 5.82 Å². The highest BCUT2D eigenvalue weighted by Gasteiger charge is 2.02. The molecule has 0 fully saturated rings. The Bertz CT molecular complexity index is 271. The van der Waals surface area contributed by atoms with Crippen molar-refractivity contribution < 1.29 is 9.13 Å². The third-order valence-electron chi connectivity index (χ3n) is 1.87. The van der Waals surface area contributed by atoms with Gasteiger partial charge in [-0.15, -0.1) is 0 Å². The fourth-order valence-electron chi connectivity index (χ4n) is 1.09. The number of aryl methyl sites for hydroxylation is 1. The lowest BCUT2D eigenvalue weighted by atomic mass is 10.1. The van der Waals surface area contributed by atoms with Gasteiger partial charge in [-0.25, -0.2) is 4.39 Å². The number of ether oxygens (including phenoxy) is 1. The molecule has 0 heterocycles. The van der Waals surface area contributed by atoms with Gasteiger partial charge in [-0.05, 0) is 30.5 Å². The molecule has 0 spiro atoms. The fraction of sp³-hybridized carbons (Fsp3) is 0.455. The van der Waals surface area contributed by atoms with Gasteiger partial charge in [0.1, 0.15) is 0 Å². The molecule has 13 heavy (non-hydrogen) atoms. The summed E-state index contributed by atoms with van der Waals surface area (Å²) in [6.45, 7) is 4.61. The first kappa shape index (κ1) is 10.0. The van der Waals surface area contributed by atoms with E-state index in [0.717, 1.165) is 18.4 Å². The molecule has 0 atom stereocenters. The molecule has 0 radical (unpaired) electrons. The monoisotopic (exact) mass is 182 g/mol. The number of hydrogen-bond acceptors (Lipinski definition) is 1. The molecule has 0 aliphatic rings. The molecule has 1 rings (SSSR count). The van der Waals surface area contributed by atoms with Gasteiger partial charge in [-0.1, -0.05) is 19.9 Å². The Kier molecular flexibility index (Phi) is 3.74. The van der Waals surface area contributed by atoms with Crippen LogP contribution >= 0.6 is 0 Å². The van der Waals surface area contributed by atoms with E-state index < -0.39 is 0 Å². The molecule has 0 aromatic heterocycles. The van der Waals surface area contributed by atoms with E-state index in [4.69, 9.17) is 4.74 Å². The smallest absolute Gasteiger partial charge is 0.165 e. The minimum absolute atomic E-state index is 0.273. The van der Waals surface area contributed by atoms with Gasteiger partial charge in [0.25, 0.3) is 0 Å². The quantitative estimate of drug-likeness (QED) is 0.695. The predicted octanol–water partition coefficient (Wildman–Crippen LogP) is 3.18. The van der Waals surface area contributed by atoms with Crippen LogP contribution in [0.2, 0.25) is 0 Å². The number of hydrogen-bond donors (Lipinski definition) is 0. The van der Waals surface area contributed by atoms with Crippen molar-refractivity contribution in [3.8, 4) is 5.75 Å². The van der Waals surface area contributed by atoms with E-state index in [2.05, 4.69) is 0 Å². The predicted molar refractivity (Wildman–Crippen MR) is 51.6 cm³/mol. The number of halogens is 1. The first-order valence-corrected chi connectivity index (χ1v) is 4.69. The van der Waals surface area contributed by atoms with E-state index in [1.165, 1.54) is 6.07 Å². The van der Waals surface area contributed by atoms with Crippen LogP contribution in [0.5, 0.6) is 5.75 Å². The Morgan fingerprint density at radius 2 is 2.08 bits per heavy atom. The van der Waals surface area contributed by atoms with Crippen LogP contribution in [-0.4, -0.2) is 6.61 Å². The van der Waals surface area contributed by atoms with Crippen molar-refractivity contribution in [1.82, 2.24) is 0 Å². The molecular formula is C11H15FO. The van der Waals surface area contributed by atoms with E-state index in [-0.39, 0.29) is 5.82 Å². The summed E-state index contributed by atoms with van der Waals surface area (Å²) in [4.78, 5) is 0. The zero-order valence-electron chi connectivity index (χ0n) is 8.14. The largest absolute Gasteiger partial charge is 0.491 e. The van der Waals surface area contributed by atoms with Gasteiger partial charge < -0.3 is 4.74 Å². The lowest BCUT2D eigenvalue weighted by molar-refractivity contribution is 0.301. The van der Waals surface area contributed by atoms with Crippen LogP contribution in [0.4, 0.5) is 4.39 Å². The zero-order valence-corrected chi connectivity index (χ0v) is 8.14. The molecular weight excluding hydrogens is 167 g/mol. The lowest BCUT2D eigenvalue weighted by Crippen LogP contribution is -1.98. The minimum atomic E-state index is -0.273. The highest BCUT2D eigenvalue weighted by atomic mass is 19.1. The molecule has 0 amide bonds. The number of benzene rings is 1. The highest BCUT2D eigenvalue weighted by Crippen LogP contribution is 2.19. The van der Waals surface area contributed by atoms with Crippen molar-refractivity contribution in [1.29, 1.82) is 0 Å². The number of rotatable bonds is 4. The topological polar surface area (TPSA) is 9.23 Å². The average molecular weight is 182 g/mol. The first-order chi connectivity index (χ1) is 6.27. The van der Waals surface area contributed by atoms with Crippen LogP contribution in [0.25, 0.3) is 0 Å². The third-order valence-corrected chi connectivity index (χ3v) is 1.87. The summed E-state index contributed by atoms with van der Waals surface area (Å²) in [6, 6.07) is 5.02. The van der Waals surface area contributed by atoms with Crippen molar-refractivity contribution in [2.75, 3.05) is 6.61 Å². The Balaban J connectivity index is 2.78. The van der Waals surface area contributed by atoms with Crippen molar-refractivity contribution in [3.05, 3.63) is 29.6 Å². The molecule has 0 N–H and O–H groups in total. The van der Waals surface area contributed by atoms with E-state index in [1.54, 1.807) is 12.1 Å². The highest BCUT2D eigenvalue weighted by molar-refractivity contribution is 5.30. The normalized spacial score (nSPS) is 10.1. The summed E-state index contributed by atoms with van der Waals surface area (Å²) in [6.07, 6.45) is 1.80. The van der Waals surface area contributed by atoms with Crippen LogP contribution < -0.4 is 4.74 Å². The maximum atomic E-state index is 13.1. The van der Waals surface area contributed by atoms with Gasteiger partial charge in [-0.2, -0.15) is 0 Å². The molecule has 1 aromatic carbocycles. The Morgan fingerprint density at radius 3 is 2.69 bits per heavy atom. The third kappa shape index (κ3) is 2.72. The van der Waals surface area contributed by atoms with Gasteiger partial charge in [0.05, 0.1) is 6.61 Å². The van der Waals surface area contributed by atoms with Gasteiger partial charge >= 0.3 is 0 Å². The van der Waals surface area contributed by atoms with Gasteiger partial charge in [-0.3, -0.25) is 0 Å². The van der Waals surface area contributed by atoms with Gasteiger partial charge in [0.2, 0.25) is 0 Å². The maximum Gasteiger partial charge on any atom is 0.165 e. The minimum Gasteiger partial charge on any atom is -0.491 e. The van der Waals surface area contributed by atoms with E-state index >= 15 is 0 Å². The van der Waals surface area contributed by atoms with Crippen molar-refractivity contribution in [3.63, 3.8) is 0 Å². The molecule has 2 heteroatoms. The summed E-state index contributed by atoms with van der Waals surface area (Å²) in [5.41, 5.74) is 1.10. The van der Waals surface area contributed by atoms with Crippen molar-refractivity contribution in [2.24, 2.45) is 0 Å². The average Bonchev–Trinajstić information content (AvgIpc) is 2.17. The van der Waals surface area contributed by atoms with E-state index in [0.29, 0.717) is 12.4 Å². The van der Waals surface area contributed by atoms with Gasteiger partial charge in [0.15, 0.2) is 11.6 Å². The van der Waals surface area contributed by atoms with Crippen LogP contribution in [0.15, 0.2) is 18.2 Å². The summed E-state index contributed by atoms with van der Waals surface area (Å²) in [5.74, 6) is 0.104. The SMILES string of the molecule is CCCOc1cc(CC)ccc1F. The second kappa shape index (κ2) is 4.85. The van der Waals surface area contributed by atoms with Crippen LogP contribution in [0.1, 0.15) is 25.8 Å². The Morgan fingerprint density at radius 1 is 1.31 bits per heavy atom. The molecule has 0 bridgehead atoms. The molecule has 0 aliphatic heterocycles. The molecule has 72 valence electrons. The second-order valence-corrected chi connectivity index (χ2v) is 2.97. The maximum absolute atomic E-state index is 13.1. The van der Waals surface area contributed by atoms with E-state index in [1.807, 2.05) is 13.8 Å². The van der Waals surface area contributed by atoms with Crippen molar-refractivity contribution in [2.45, 2.75) is 26.7 Å². The molecule has 0 unspecified atom stereocenters. The molecule has 0 aliphatic carbocycles. The second-order valence-electron chi connectivity index (χ2n) is 2.97. The zero-order chi connectivity index (χ0) is 9.68. The van der Waals surface area contributed by atoms with Crippen LogP contribution in [0.3, 0.4) is 0 Å². The fourth-order valence-corrected chi connectivity index (χ4v) is 1.09. The van der Waals surface area contributed by atoms with E-state index in [9.17, 15) is 4.39 Å². The lowest BCUT2D eigenvalue weighted by Gasteiger charge is -2.06. The summed E-state index contributed by atoms with van der Waals surface area (Å²) >= 11 is 0. The summed E-state index contributed by atoms with van der Waals surface area (Å²) in [7, 11) is 0. The van der Waals surface area contributed by atoms with Crippen molar-refractivity contribution >= 4 is 0 Å². The molecule has 0 saturated heterocycles. The standard InChI is InChI=1S/C11H15FO/c1-3-7-13-11-8-9(4-2)5-6-10(11)12/h5-6,8H,3-4,7H2,1-2H3. The Labute approximate surface area is 78.5 Å².